The van der Waals surface area contributed by atoms with Crippen LogP contribution in [0.15, 0.2) is 0 Å². The van der Waals surface area contributed by atoms with Crippen molar-refractivity contribution in [2.45, 2.75) is 51.5 Å². The number of nitrogens with two attached hydrogens (primary N) is 1. The second kappa shape index (κ2) is 5.31. The van der Waals surface area contributed by atoms with Gasteiger partial charge in [-0.25, -0.2) is 0 Å². The number of nitrogens with zero attached hydrogens (tertiary/aromatic N) is 1. The molecule has 2 heteroatoms. The van der Waals surface area contributed by atoms with Gasteiger partial charge in [0, 0.05) is 12.6 Å². The average Bonchev–Trinajstić information content (AvgIpc) is 2.25. The molecule has 1 aliphatic carbocycles. The maximum absolute atomic E-state index is 6.20. The molecule has 0 aromatic rings. The molecule has 2 N–H and O–H groups in total. The quantitative estimate of drug-likeness (QED) is 0.757. The molecule has 2 nitrogen and oxygen atoms in total. The molecule has 1 heterocycles. The van der Waals surface area contributed by atoms with Crippen molar-refractivity contribution >= 4 is 0 Å². The molecular formula is C13H26N2. The van der Waals surface area contributed by atoms with Crippen molar-refractivity contribution in [1.82, 2.24) is 4.90 Å². The highest BCUT2D eigenvalue weighted by molar-refractivity contribution is 4.82. The van der Waals surface area contributed by atoms with E-state index in [-0.39, 0.29) is 0 Å². The maximum atomic E-state index is 6.20. The largest absolute Gasteiger partial charge is 0.327 e. The van der Waals surface area contributed by atoms with Crippen LogP contribution in [0.3, 0.4) is 0 Å². The molecule has 1 saturated carbocycles. The molecule has 2 rings (SSSR count). The Morgan fingerprint density at radius 1 is 1.07 bits per heavy atom. The van der Waals surface area contributed by atoms with Crippen LogP contribution in [-0.2, 0) is 0 Å². The van der Waals surface area contributed by atoms with Crippen molar-refractivity contribution in [3.05, 3.63) is 0 Å². The van der Waals surface area contributed by atoms with Crippen molar-refractivity contribution in [1.29, 1.82) is 0 Å². The Kier molecular flexibility index (Phi) is 4.04. The van der Waals surface area contributed by atoms with Gasteiger partial charge in [0.15, 0.2) is 0 Å². The smallest absolute Gasteiger partial charge is 0.00793 e. The molecule has 1 saturated heterocycles. The zero-order chi connectivity index (χ0) is 10.7. The van der Waals surface area contributed by atoms with E-state index in [0.717, 1.165) is 11.8 Å². The van der Waals surface area contributed by atoms with Crippen LogP contribution in [0.5, 0.6) is 0 Å². The summed E-state index contributed by atoms with van der Waals surface area (Å²) in [4.78, 5) is 2.65. The van der Waals surface area contributed by atoms with Gasteiger partial charge in [0.1, 0.15) is 0 Å². The first kappa shape index (κ1) is 11.4. The average molecular weight is 210 g/mol. The molecule has 1 aliphatic heterocycles. The maximum Gasteiger partial charge on any atom is 0.00793 e. The lowest BCUT2D eigenvalue weighted by molar-refractivity contribution is 0.141. The van der Waals surface area contributed by atoms with Crippen molar-refractivity contribution in [3.8, 4) is 0 Å². The molecule has 2 aliphatic rings. The summed E-state index contributed by atoms with van der Waals surface area (Å²) in [5.41, 5.74) is 6.20. The third kappa shape index (κ3) is 3.18. The van der Waals surface area contributed by atoms with Gasteiger partial charge in [0.25, 0.3) is 0 Å². The molecule has 0 aromatic heterocycles. The second-order valence-corrected chi connectivity index (χ2v) is 5.69. The summed E-state index contributed by atoms with van der Waals surface area (Å²) in [6.45, 7) is 6.27. The number of likely N-dealkylation sites (tertiary alicyclic amines) is 1. The predicted molar refractivity (Wildman–Crippen MR) is 64.8 cm³/mol. The van der Waals surface area contributed by atoms with E-state index in [0.29, 0.717) is 6.04 Å². The lowest BCUT2D eigenvalue weighted by Gasteiger charge is -2.36. The SMILES string of the molecule is CC1CCN(C[C@H]2CCCC[C@H]2N)CC1. The summed E-state index contributed by atoms with van der Waals surface area (Å²) in [7, 11) is 0. The van der Waals surface area contributed by atoms with Gasteiger partial charge in [-0.3, -0.25) is 0 Å². The predicted octanol–water partition coefficient (Wildman–Crippen LogP) is 2.24. The van der Waals surface area contributed by atoms with Gasteiger partial charge in [-0.05, 0) is 50.6 Å². The highest BCUT2D eigenvalue weighted by Gasteiger charge is 2.25. The van der Waals surface area contributed by atoms with Crippen LogP contribution < -0.4 is 5.73 Å². The minimum atomic E-state index is 0.484. The molecule has 0 unspecified atom stereocenters. The van der Waals surface area contributed by atoms with Crippen LogP contribution in [0.25, 0.3) is 0 Å². The van der Waals surface area contributed by atoms with E-state index in [2.05, 4.69) is 11.8 Å². The van der Waals surface area contributed by atoms with Crippen LogP contribution in [0.2, 0.25) is 0 Å². The number of rotatable bonds is 2. The fourth-order valence-corrected chi connectivity index (χ4v) is 3.04. The van der Waals surface area contributed by atoms with E-state index in [1.165, 1.54) is 58.2 Å². The van der Waals surface area contributed by atoms with Gasteiger partial charge in [0.05, 0.1) is 0 Å². The van der Waals surface area contributed by atoms with Gasteiger partial charge in [-0.2, -0.15) is 0 Å². The van der Waals surface area contributed by atoms with Gasteiger partial charge in [0.2, 0.25) is 0 Å². The first-order valence-electron chi connectivity index (χ1n) is 6.73. The van der Waals surface area contributed by atoms with E-state index >= 15 is 0 Å². The van der Waals surface area contributed by atoms with Crippen LogP contribution in [0, 0.1) is 11.8 Å². The second-order valence-electron chi connectivity index (χ2n) is 5.69. The fraction of sp³-hybridized carbons (Fsp3) is 1.00. The summed E-state index contributed by atoms with van der Waals surface area (Å²) >= 11 is 0. The van der Waals surface area contributed by atoms with Crippen molar-refractivity contribution in [2.75, 3.05) is 19.6 Å². The standard InChI is InChI=1S/C13H26N2/c1-11-6-8-15(9-7-11)10-12-4-2-3-5-13(12)14/h11-13H,2-10,14H2,1H3/t12-,13-/m1/s1. The summed E-state index contributed by atoms with van der Waals surface area (Å²) in [5.74, 6) is 1.73. The number of hydrogen-bond acceptors (Lipinski definition) is 2. The van der Waals surface area contributed by atoms with Crippen molar-refractivity contribution in [3.63, 3.8) is 0 Å². The first-order chi connectivity index (χ1) is 7.25. The van der Waals surface area contributed by atoms with Crippen LogP contribution >= 0.6 is 0 Å². The Balaban J connectivity index is 1.75. The van der Waals surface area contributed by atoms with Crippen LogP contribution in [0.4, 0.5) is 0 Å². The zero-order valence-corrected chi connectivity index (χ0v) is 10.1. The summed E-state index contributed by atoms with van der Waals surface area (Å²) < 4.78 is 0. The Bertz CT molecular complexity index is 185. The Morgan fingerprint density at radius 3 is 2.40 bits per heavy atom. The Hall–Kier alpha value is -0.0800. The number of piperidine rings is 1. The molecule has 0 bridgehead atoms. The van der Waals surface area contributed by atoms with Crippen molar-refractivity contribution in [2.24, 2.45) is 17.6 Å². The van der Waals surface area contributed by atoms with Gasteiger partial charge < -0.3 is 10.6 Å². The zero-order valence-electron chi connectivity index (χ0n) is 10.1. The minimum Gasteiger partial charge on any atom is -0.327 e. The number of hydrogen-bond donors (Lipinski definition) is 1. The Labute approximate surface area is 94.2 Å². The van der Waals surface area contributed by atoms with Crippen molar-refractivity contribution < 1.29 is 0 Å². The van der Waals surface area contributed by atoms with Crippen LogP contribution in [-0.4, -0.2) is 30.6 Å². The lowest BCUT2D eigenvalue weighted by Crippen LogP contribution is -2.43. The van der Waals surface area contributed by atoms with Gasteiger partial charge in [-0.1, -0.05) is 19.8 Å². The molecule has 0 radical (unpaired) electrons. The third-order valence-electron chi connectivity index (χ3n) is 4.34. The van der Waals surface area contributed by atoms with Gasteiger partial charge >= 0.3 is 0 Å². The molecule has 0 aromatic carbocycles. The molecular weight excluding hydrogens is 184 g/mol. The molecule has 88 valence electrons. The summed E-state index contributed by atoms with van der Waals surface area (Å²) in [5, 5.41) is 0. The molecule has 15 heavy (non-hydrogen) atoms. The summed E-state index contributed by atoms with van der Waals surface area (Å²) in [6, 6.07) is 0.484. The van der Waals surface area contributed by atoms with Crippen LogP contribution in [0.1, 0.15) is 45.4 Å². The van der Waals surface area contributed by atoms with E-state index in [4.69, 9.17) is 5.73 Å². The highest BCUT2D eigenvalue weighted by atomic mass is 15.1. The molecule has 2 fully saturated rings. The normalized spacial score (nSPS) is 35.6. The monoisotopic (exact) mass is 210 g/mol. The fourth-order valence-electron chi connectivity index (χ4n) is 3.04. The molecule has 0 amide bonds. The van der Waals surface area contributed by atoms with E-state index in [9.17, 15) is 0 Å². The highest BCUT2D eigenvalue weighted by Crippen LogP contribution is 2.25. The minimum absolute atomic E-state index is 0.484. The van der Waals surface area contributed by atoms with E-state index < -0.39 is 0 Å². The lowest BCUT2D eigenvalue weighted by atomic mass is 9.84. The summed E-state index contributed by atoms with van der Waals surface area (Å²) in [6.07, 6.45) is 8.17. The molecule has 0 spiro atoms. The Morgan fingerprint density at radius 2 is 1.73 bits per heavy atom. The first-order valence-corrected chi connectivity index (χ1v) is 6.73. The third-order valence-corrected chi connectivity index (χ3v) is 4.34. The topological polar surface area (TPSA) is 29.3 Å². The van der Waals surface area contributed by atoms with E-state index in [1.54, 1.807) is 0 Å². The molecule has 2 atom stereocenters. The van der Waals surface area contributed by atoms with E-state index in [1.807, 2.05) is 0 Å². The van der Waals surface area contributed by atoms with Gasteiger partial charge in [-0.15, -0.1) is 0 Å².